The normalized spacial score (nSPS) is 13.5. The lowest BCUT2D eigenvalue weighted by atomic mass is 9.82. The summed E-state index contributed by atoms with van der Waals surface area (Å²) in [6.45, 7) is 2.17. The standard InChI is InChI=1S/C20H21BrO3/c1-14(15-7-9-16(10-8-15)20(22)24-3)19(11-12-23-2)17-5-4-6-18(21)13-17/h4-14,19H,1-3H3. The van der Waals surface area contributed by atoms with Crippen LogP contribution < -0.4 is 0 Å². The van der Waals surface area contributed by atoms with Crippen molar-refractivity contribution in [3.63, 3.8) is 0 Å². The SMILES string of the molecule is COC=CC(c1cccc(Br)c1)C(C)c1ccc(C(=O)OC)cc1. The fourth-order valence-corrected chi connectivity index (χ4v) is 3.11. The highest BCUT2D eigenvalue weighted by atomic mass is 79.9. The third-order valence-electron chi connectivity index (χ3n) is 4.05. The lowest BCUT2D eigenvalue weighted by Gasteiger charge is -2.22. The number of carbonyl (C=O) groups excluding carboxylic acids is 1. The number of benzene rings is 2. The number of rotatable bonds is 6. The van der Waals surface area contributed by atoms with Gasteiger partial charge >= 0.3 is 5.97 Å². The van der Waals surface area contributed by atoms with Gasteiger partial charge in [-0.05, 0) is 47.4 Å². The van der Waals surface area contributed by atoms with Gasteiger partial charge in [0.25, 0.3) is 0 Å². The Morgan fingerprint density at radius 2 is 1.79 bits per heavy atom. The quantitative estimate of drug-likeness (QED) is 0.498. The Morgan fingerprint density at radius 1 is 1.08 bits per heavy atom. The number of carbonyl (C=O) groups is 1. The van der Waals surface area contributed by atoms with Crippen LogP contribution in [0.25, 0.3) is 0 Å². The van der Waals surface area contributed by atoms with Crippen LogP contribution in [0, 0.1) is 0 Å². The van der Waals surface area contributed by atoms with Crippen LogP contribution in [-0.2, 0) is 9.47 Å². The molecule has 4 heteroatoms. The highest BCUT2D eigenvalue weighted by molar-refractivity contribution is 9.10. The fraction of sp³-hybridized carbons (Fsp3) is 0.250. The van der Waals surface area contributed by atoms with Crippen LogP contribution in [0.4, 0.5) is 0 Å². The van der Waals surface area contributed by atoms with E-state index in [1.807, 2.05) is 24.3 Å². The van der Waals surface area contributed by atoms with E-state index >= 15 is 0 Å². The number of esters is 1. The number of methoxy groups -OCH3 is 2. The van der Waals surface area contributed by atoms with Crippen molar-refractivity contribution in [2.45, 2.75) is 18.8 Å². The topological polar surface area (TPSA) is 35.5 Å². The van der Waals surface area contributed by atoms with Gasteiger partial charge in [-0.1, -0.05) is 47.1 Å². The first-order valence-corrected chi connectivity index (χ1v) is 8.49. The predicted molar refractivity (Wildman–Crippen MR) is 99.2 cm³/mol. The molecule has 0 aliphatic carbocycles. The van der Waals surface area contributed by atoms with Crippen LogP contribution in [0.5, 0.6) is 0 Å². The lowest BCUT2D eigenvalue weighted by molar-refractivity contribution is 0.0600. The van der Waals surface area contributed by atoms with Gasteiger partial charge in [-0.2, -0.15) is 0 Å². The zero-order valence-corrected chi connectivity index (χ0v) is 15.6. The molecule has 0 spiro atoms. The smallest absolute Gasteiger partial charge is 0.337 e. The zero-order chi connectivity index (χ0) is 17.5. The molecule has 0 bridgehead atoms. The van der Waals surface area contributed by atoms with Crippen molar-refractivity contribution in [2.75, 3.05) is 14.2 Å². The van der Waals surface area contributed by atoms with E-state index in [9.17, 15) is 4.79 Å². The van der Waals surface area contributed by atoms with E-state index in [1.165, 1.54) is 12.7 Å². The van der Waals surface area contributed by atoms with E-state index in [0.29, 0.717) is 5.56 Å². The van der Waals surface area contributed by atoms with Crippen LogP contribution >= 0.6 is 15.9 Å². The molecule has 2 atom stereocenters. The Hall–Kier alpha value is -2.07. The van der Waals surface area contributed by atoms with Gasteiger partial charge in [0.05, 0.1) is 26.0 Å². The molecular weight excluding hydrogens is 368 g/mol. The Balaban J connectivity index is 2.32. The monoisotopic (exact) mass is 388 g/mol. The third-order valence-corrected chi connectivity index (χ3v) is 4.55. The van der Waals surface area contributed by atoms with E-state index in [1.54, 1.807) is 25.5 Å². The first kappa shape index (κ1) is 18.3. The van der Waals surface area contributed by atoms with E-state index in [4.69, 9.17) is 9.47 Å². The Kier molecular flexibility index (Phi) is 6.62. The fourth-order valence-electron chi connectivity index (χ4n) is 2.69. The summed E-state index contributed by atoms with van der Waals surface area (Å²) in [5, 5.41) is 0. The molecule has 0 saturated heterocycles. The summed E-state index contributed by atoms with van der Waals surface area (Å²) in [6.07, 6.45) is 3.77. The average Bonchev–Trinajstić information content (AvgIpc) is 2.61. The molecule has 0 N–H and O–H groups in total. The van der Waals surface area contributed by atoms with Gasteiger partial charge in [0, 0.05) is 10.4 Å². The van der Waals surface area contributed by atoms with Gasteiger partial charge in [-0.15, -0.1) is 0 Å². The van der Waals surface area contributed by atoms with Crippen molar-refractivity contribution in [3.05, 3.63) is 82.0 Å². The summed E-state index contributed by atoms with van der Waals surface area (Å²) in [6, 6.07) is 15.8. The Morgan fingerprint density at radius 3 is 2.38 bits per heavy atom. The molecule has 2 aromatic rings. The van der Waals surface area contributed by atoms with E-state index in [0.717, 1.165) is 10.0 Å². The molecule has 0 aliphatic heterocycles. The van der Waals surface area contributed by atoms with Gasteiger partial charge in [0.2, 0.25) is 0 Å². The first-order chi connectivity index (χ1) is 11.6. The third kappa shape index (κ3) is 4.48. The molecule has 2 unspecified atom stereocenters. The zero-order valence-electron chi connectivity index (χ0n) is 14.0. The highest BCUT2D eigenvalue weighted by Gasteiger charge is 2.19. The number of hydrogen-bond donors (Lipinski definition) is 0. The minimum atomic E-state index is -0.322. The summed E-state index contributed by atoms with van der Waals surface area (Å²) in [4.78, 5) is 11.6. The molecule has 2 aromatic carbocycles. The van der Waals surface area contributed by atoms with E-state index in [-0.39, 0.29) is 17.8 Å². The van der Waals surface area contributed by atoms with E-state index < -0.39 is 0 Å². The van der Waals surface area contributed by atoms with Crippen LogP contribution in [0.3, 0.4) is 0 Å². The van der Waals surface area contributed by atoms with E-state index in [2.05, 4.69) is 41.1 Å². The van der Waals surface area contributed by atoms with Crippen LogP contribution in [0.1, 0.15) is 40.2 Å². The molecule has 0 fully saturated rings. The van der Waals surface area contributed by atoms with Crippen LogP contribution in [0.15, 0.2) is 65.3 Å². The number of ether oxygens (including phenoxy) is 2. The molecule has 24 heavy (non-hydrogen) atoms. The van der Waals surface area contributed by atoms with Crippen molar-refractivity contribution < 1.29 is 14.3 Å². The molecule has 0 radical (unpaired) electrons. The molecule has 0 heterocycles. The lowest BCUT2D eigenvalue weighted by Crippen LogP contribution is -2.07. The Bertz CT molecular complexity index is 707. The van der Waals surface area contributed by atoms with Crippen molar-refractivity contribution in [1.82, 2.24) is 0 Å². The van der Waals surface area contributed by atoms with Crippen molar-refractivity contribution in [1.29, 1.82) is 0 Å². The molecule has 2 rings (SSSR count). The van der Waals surface area contributed by atoms with Crippen molar-refractivity contribution in [2.24, 2.45) is 0 Å². The largest absolute Gasteiger partial charge is 0.505 e. The summed E-state index contributed by atoms with van der Waals surface area (Å²) >= 11 is 3.53. The summed E-state index contributed by atoms with van der Waals surface area (Å²) < 4.78 is 10.9. The van der Waals surface area contributed by atoms with Crippen LogP contribution in [0.2, 0.25) is 0 Å². The summed E-state index contributed by atoms with van der Waals surface area (Å²) in [5.41, 5.74) is 2.90. The van der Waals surface area contributed by atoms with Crippen molar-refractivity contribution >= 4 is 21.9 Å². The van der Waals surface area contributed by atoms with Gasteiger partial charge in [-0.3, -0.25) is 0 Å². The predicted octanol–water partition coefficient (Wildman–Crippen LogP) is 5.28. The van der Waals surface area contributed by atoms with Crippen LogP contribution in [-0.4, -0.2) is 20.2 Å². The molecule has 0 aromatic heterocycles. The van der Waals surface area contributed by atoms with Gasteiger partial charge in [0.1, 0.15) is 0 Å². The first-order valence-electron chi connectivity index (χ1n) is 7.70. The number of hydrogen-bond acceptors (Lipinski definition) is 3. The second kappa shape index (κ2) is 8.69. The molecule has 0 aliphatic rings. The summed E-state index contributed by atoms with van der Waals surface area (Å²) in [7, 11) is 3.03. The average molecular weight is 389 g/mol. The van der Waals surface area contributed by atoms with Gasteiger partial charge < -0.3 is 9.47 Å². The second-order valence-corrected chi connectivity index (χ2v) is 6.46. The molecule has 126 valence electrons. The van der Waals surface area contributed by atoms with Crippen molar-refractivity contribution in [3.8, 4) is 0 Å². The number of halogens is 1. The molecule has 3 nitrogen and oxygen atoms in total. The molecule has 0 saturated carbocycles. The summed E-state index contributed by atoms with van der Waals surface area (Å²) in [5.74, 6) is 0.0563. The molecule has 0 amide bonds. The second-order valence-electron chi connectivity index (χ2n) is 5.55. The highest BCUT2D eigenvalue weighted by Crippen LogP contribution is 2.35. The minimum absolute atomic E-state index is 0.159. The molecular formula is C20H21BrO3. The van der Waals surface area contributed by atoms with Gasteiger partial charge in [-0.25, -0.2) is 4.79 Å². The van der Waals surface area contributed by atoms with Gasteiger partial charge in [0.15, 0.2) is 0 Å². The maximum absolute atomic E-state index is 11.6. The maximum Gasteiger partial charge on any atom is 0.337 e. The maximum atomic E-state index is 11.6. The Labute approximate surface area is 151 Å². The minimum Gasteiger partial charge on any atom is -0.505 e. The number of allylic oxidation sites excluding steroid dienone is 1.